The lowest BCUT2D eigenvalue weighted by Crippen LogP contribution is -2.49. The number of nitrogens with one attached hydrogen (secondary N) is 1. The molecular weight excluding hydrogens is 374 g/mol. The van der Waals surface area contributed by atoms with E-state index < -0.39 is 11.0 Å². The Morgan fingerprint density at radius 2 is 2.29 bits per heavy atom. The number of amides is 1. The molecular formula is C21H23N3O3S. The van der Waals surface area contributed by atoms with Gasteiger partial charge in [0.15, 0.2) is 0 Å². The van der Waals surface area contributed by atoms with E-state index in [4.69, 9.17) is 16.0 Å². The average Bonchev–Trinajstić information content (AvgIpc) is 2.68. The molecule has 0 aliphatic rings. The Balaban J connectivity index is 2.09. The maximum atomic E-state index is 12.6. The number of rotatable bonds is 9. The Morgan fingerprint density at radius 3 is 2.96 bits per heavy atom. The van der Waals surface area contributed by atoms with Gasteiger partial charge < -0.3 is 14.9 Å². The largest absolute Gasteiger partial charge is 0.470 e. The first kappa shape index (κ1) is 21.3. The second kappa shape index (κ2) is 9.81. The molecule has 2 rings (SSSR count). The van der Waals surface area contributed by atoms with E-state index in [1.165, 1.54) is 18.0 Å². The average molecular weight is 398 g/mol. The van der Waals surface area contributed by atoms with Crippen LogP contribution in [0.4, 0.5) is 0 Å². The highest BCUT2D eigenvalue weighted by atomic mass is 32.2. The quantitative estimate of drug-likeness (QED) is 0.175. The van der Waals surface area contributed by atoms with Gasteiger partial charge in [0.05, 0.1) is 17.3 Å². The van der Waals surface area contributed by atoms with E-state index in [1.54, 1.807) is 24.6 Å². The molecule has 1 N–H and O–H groups in total. The summed E-state index contributed by atoms with van der Waals surface area (Å²) >= 11 is 1.29. The summed E-state index contributed by atoms with van der Waals surface area (Å²) in [7, 11) is 0. The van der Waals surface area contributed by atoms with Crippen LogP contribution in [0.15, 0.2) is 48.3 Å². The monoisotopic (exact) mass is 397 g/mol. The van der Waals surface area contributed by atoms with Gasteiger partial charge in [-0.2, -0.15) is 0 Å². The first-order valence-electron chi connectivity index (χ1n) is 8.54. The van der Waals surface area contributed by atoms with Crippen molar-refractivity contribution in [3.63, 3.8) is 0 Å². The van der Waals surface area contributed by atoms with Crippen LogP contribution >= 0.6 is 11.8 Å². The molecule has 0 fully saturated rings. The van der Waals surface area contributed by atoms with Crippen LogP contribution < -0.4 is 10.1 Å². The van der Waals surface area contributed by atoms with Crippen LogP contribution in [0.1, 0.15) is 19.4 Å². The van der Waals surface area contributed by atoms with Gasteiger partial charge in [-0.25, -0.2) is 0 Å². The molecule has 1 aromatic carbocycles. The van der Waals surface area contributed by atoms with Crippen molar-refractivity contribution in [2.75, 3.05) is 12.9 Å². The molecule has 0 radical (unpaired) electrons. The van der Waals surface area contributed by atoms with Crippen molar-refractivity contribution in [3.8, 4) is 18.1 Å². The molecule has 0 saturated heterocycles. The molecule has 146 valence electrons. The minimum atomic E-state index is -0.733. The number of hydrogen-bond acceptors (Lipinski definition) is 6. The van der Waals surface area contributed by atoms with Gasteiger partial charge in [0, 0.05) is 17.1 Å². The van der Waals surface area contributed by atoms with E-state index in [2.05, 4.69) is 28.0 Å². The maximum absolute atomic E-state index is 12.6. The molecule has 1 aromatic heterocycles. The van der Waals surface area contributed by atoms with Crippen LogP contribution in [0.5, 0.6) is 5.75 Å². The van der Waals surface area contributed by atoms with Crippen LogP contribution in [0.2, 0.25) is 0 Å². The maximum Gasteiger partial charge on any atom is 0.272 e. The molecule has 0 aliphatic carbocycles. The van der Waals surface area contributed by atoms with E-state index in [-0.39, 0.29) is 5.91 Å². The summed E-state index contributed by atoms with van der Waals surface area (Å²) in [6.45, 7) is 7.47. The van der Waals surface area contributed by atoms with E-state index in [0.29, 0.717) is 17.9 Å². The highest BCUT2D eigenvalue weighted by Gasteiger charge is 2.26. The summed E-state index contributed by atoms with van der Waals surface area (Å²) in [5, 5.41) is 7.55. The molecule has 1 atom stereocenters. The lowest BCUT2D eigenvalue weighted by Gasteiger charge is -2.24. The second-order valence-electron chi connectivity index (χ2n) is 6.44. The second-order valence-corrected chi connectivity index (χ2v) is 7.34. The normalized spacial score (nSPS) is 12.4. The molecule has 1 amide bonds. The summed E-state index contributed by atoms with van der Waals surface area (Å²) in [5.74, 6) is 2.84. The third-order valence-corrected chi connectivity index (χ3v) is 4.32. The van der Waals surface area contributed by atoms with Crippen molar-refractivity contribution in [2.24, 2.45) is 5.16 Å². The van der Waals surface area contributed by atoms with Gasteiger partial charge in [-0.3, -0.25) is 9.78 Å². The fourth-order valence-electron chi connectivity index (χ4n) is 2.27. The first-order valence-corrected chi connectivity index (χ1v) is 9.82. The first-order chi connectivity index (χ1) is 13.4. The van der Waals surface area contributed by atoms with Crippen LogP contribution in [-0.2, 0) is 9.63 Å². The van der Waals surface area contributed by atoms with Crippen molar-refractivity contribution in [3.05, 3.63) is 48.7 Å². The van der Waals surface area contributed by atoms with Crippen LogP contribution in [-0.4, -0.2) is 40.9 Å². The topological polar surface area (TPSA) is 72.8 Å². The Bertz CT molecular complexity index is 919. The van der Waals surface area contributed by atoms with Crippen molar-refractivity contribution < 1.29 is 14.4 Å². The SMILES string of the molecule is C#Cc1cnc2ccc(OC(SC)C(=O)NC(C)(C)C=NOCC=C)cc2c1. The summed E-state index contributed by atoms with van der Waals surface area (Å²) < 4.78 is 5.88. The van der Waals surface area contributed by atoms with Crippen LogP contribution in [0, 0.1) is 12.3 Å². The number of aromatic nitrogens is 1. The van der Waals surface area contributed by atoms with E-state index in [1.807, 2.05) is 32.0 Å². The molecule has 28 heavy (non-hydrogen) atoms. The smallest absolute Gasteiger partial charge is 0.272 e. The van der Waals surface area contributed by atoms with Gasteiger partial charge in [-0.1, -0.05) is 23.7 Å². The summed E-state index contributed by atoms with van der Waals surface area (Å²) in [5.41, 5.74) is 0.0461. The lowest BCUT2D eigenvalue weighted by molar-refractivity contribution is -0.125. The Labute approximate surface area is 169 Å². The fourth-order valence-corrected chi connectivity index (χ4v) is 2.75. The molecule has 1 unspecified atom stereocenters. The fraction of sp³-hybridized carbons (Fsp3) is 0.286. The van der Waals surface area contributed by atoms with Gasteiger partial charge in [-0.05, 0) is 44.4 Å². The van der Waals surface area contributed by atoms with Crippen LogP contribution in [0.3, 0.4) is 0 Å². The number of terminal acetylenes is 1. The molecule has 0 spiro atoms. The lowest BCUT2D eigenvalue weighted by atomic mass is 10.1. The standard InChI is InChI=1S/C21H23N3O3S/c1-6-10-26-23-14-21(3,4)24-19(25)20(28-5)27-17-8-9-18-16(12-17)11-15(7-2)13-22-18/h2,6,8-9,11-14,20H,1,10H2,3-5H3,(H,24,25). The molecule has 0 saturated carbocycles. The number of nitrogens with zero attached hydrogens (tertiary/aromatic N) is 2. The van der Waals surface area contributed by atoms with Gasteiger partial charge in [0.1, 0.15) is 12.4 Å². The summed E-state index contributed by atoms with van der Waals surface area (Å²) in [6, 6.07) is 7.27. The third kappa shape index (κ3) is 6.03. The van der Waals surface area contributed by atoms with Crippen LogP contribution in [0.25, 0.3) is 10.9 Å². The predicted octanol–water partition coefficient (Wildman–Crippen LogP) is 3.37. The van der Waals surface area contributed by atoms with Crippen molar-refractivity contribution >= 4 is 34.8 Å². The zero-order valence-corrected chi connectivity index (χ0v) is 17.0. The highest BCUT2D eigenvalue weighted by molar-refractivity contribution is 7.99. The zero-order valence-electron chi connectivity index (χ0n) is 16.1. The number of benzene rings is 1. The molecule has 2 aromatic rings. The Morgan fingerprint density at radius 1 is 1.50 bits per heavy atom. The van der Waals surface area contributed by atoms with E-state index >= 15 is 0 Å². The van der Waals surface area contributed by atoms with Gasteiger partial charge >= 0.3 is 0 Å². The molecule has 0 bridgehead atoms. The molecule has 6 nitrogen and oxygen atoms in total. The number of fused-ring (bicyclic) bond motifs is 1. The minimum absolute atomic E-state index is 0.275. The van der Waals surface area contributed by atoms with Crippen molar-refractivity contribution in [1.82, 2.24) is 10.3 Å². The number of oxime groups is 1. The Kier molecular flexibility index (Phi) is 7.47. The number of hydrogen-bond donors (Lipinski definition) is 1. The zero-order chi connectivity index (χ0) is 20.6. The van der Waals surface area contributed by atoms with Gasteiger partial charge in [-0.15, -0.1) is 18.2 Å². The van der Waals surface area contributed by atoms with E-state index in [9.17, 15) is 4.79 Å². The van der Waals surface area contributed by atoms with Crippen molar-refractivity contribution in [1.29, 1.82) is 0 Å². The van der Waals surface area contributed by atoms with Crippen molar-refractivity contribution in [2.45, 2.75) is 24.8 Å². The Hall–Kier alpha value is -2.98. The number of pyridine rings is 1. The van der Waals surface area contributed by atoms with Gasteiger partial charge in [0.2, 0.25) is 5.44 Å². The number of thioether (sulfide) groups is 1. The molecule has 0 aliphatic heterocycles. The summed E-state index contributed by atoms with van der Waals surface area (Å²) in [6.07, 6.45) is 12.0. The number of carbonyl (C=O) groups excluding carboxylic acids is 1. The molecule has 7 heteroatoms. The third-order valence-electron chi connectivity index (χ3n) is 3.58. The number of carbonyl (C=O) groups is 1. The minimum Gasteiger partial charge on any atom is -0.470 e. The highest BCUT2D eigenvalue weighted by Crippen LogP contribution is 2.23. The predicted molar refractivity (Wildman–Crippen MR) is 114 cm³/mol. The number of ether oxygens (including phenoxy) is 1. The summed E-state index contributed by atoms with van der Waals surface area (Å²) in [4.78, 5) is 21.9. The molecule has 1 heterocycles. The van der Waals surface area contributed by atoms with E-state index in [0.717, 1.165) is 10.9 Å². The van der Waals surface area contributed by atoms with Gasteiger partial charge in [0.25, 0.3) is 5.91 Å².